The second-order valence-corrected chi connectivity index (χ2v) is 5.19. The third-order valence-corrected chi connectivity index (χ3v) is 3.69. The van der Waals surface area contributed by atoms with E-state index < -0.39 is 5.97 Å². The quantitative estimate of drug-likeness (QED) is 0.887. The Balaban J connectivity index is 1.54. The predicted molar refractivity (Wildman–Crippen MR) is 82.1 cm³/mol. The summed E-state index contributed by atoms with van der Waals surface area (Å²) in [6, 6.07) is 6.23. The number of aromatic nitrogens is 3. The Morgan fingerprint density at radius 2 is 2.00 bits per heavy atom. The largest absolute Gasteiger partial charge is 0.476 e. The lowest BCUT2D eigenvalue weighted by Crippen LogP contribution is -2.39. The molecule has 114 valence electrons. The Labute approximate surface area is 128 Å². The number of carboxylic acid groups (broad SMARTS) is 1. The number of hydrogen-bond donors (Lipinski definition) is 2. The maximum Gasteiger partial charge on any atom is 0.356 e. The van der Waals surface area contributed by atoms with E-state index in [9.17, 15) is 4.79 Å². The number of carboxylic acids is 1. The molecular formula is C15H17N5O2. The third-order valence-electron chi connectivity index (χ3n) is 3.69. The molecule has 0 aliphatic carbocycles. The van der Waals surface area contributed by atoms with E-state index in [1.807, 2.05) is 18.2 Å². The number of aromatic carboxylic acids is 1. The van der Waals surface area contributed by atoms with Gasteiger partial charge in [0, 0.05) is 25.3 Å². The Morgan fingerprint density at radius 3 is 2.59 bits per heavy atom. The molecular weight excluding hydrogens is 282 g/mol. The molecule has 22 heavy (non-hydrogen) atoms. The molecule has 0 atom stereocenters. The molecule has 0 bridgehead atoms. The average Bonchev–Trinajstić information content (AvgIpc) is 2.57. The Morgan fingerprint density at radius 1 is 1.18 bits per heavy atom. The van der Waals surface area contributed by atoms with Gasteiger partial charge in [0.05, 0.1) is 12.4 Å². The number of carbonyl (C=O) groups is 1. The van der Waals surface area contributed by atoms with E-state index in [1.165, 1.54) is 12.4 Å². The van der Waals surface area contributed by atoms with Crippen molar-refractivity contribution in [1.82, 2.24) is 15.0 Å². The van der Waals surface area contributed by atoms with Crippen molar-refractivity contribution in [3.8, 4) is 0 Å². The molecule has 1 aliphatic heterocycles. The molecule has 1 saturated heterocycles. The highest BCUT2D eigenvalue weighted by molar-refractivity contribution is 5.84. The predicted octanol–water partition coefficient (Wildman–Crippen LogP) is 1.65. The number of nitrogens with one attached hydrogen (secondary N) is 1. The average molecular weight is 299 g/mol. The van der Waals surface area contributed by atoms with E-state index in [1.54, 1.807) is 6.20 Å². The fourth-order valence-corrected chi connectivity index (χ4v) is 2.52. The van der Waals surface area contributed by atoms with E-state index in [2.05, 4.69) is 25.2 Å². The summed E-state index contributed by atoms with van der Waals surface area (Å²) in [5.74, 6) is 0.551. The maximum atomic E-state index is 10.7. The lowest BCUT2D eigenvalue weighted by Gasteiger charge is -2.33. The Bertz CT molecular complexity index is 624. The van der Waals surface area contributed by atoms with E-state index in [4.69, 9.17) is 5.11 Å². The van der Waals surface area contributed by atoms with Crippen LogP contribution >= 0.6 is 0 Å². The van der Waals surface area contributed by atoms with Gasteiger partial charge in [-0.1, -0.05) is 6.07 Å². The minimum absolute atomic E-state index is 0.0458. The fraction of sp³-hybridized carbons (Fsp3) is 0.333. The zero-order valence-electron chi connectivity index (χ0n) is 12.0. The number of hydrogen-bond acceptors (Lipinski definition) is 6. The Hall–Kier alpha value is -2.70. The van der Waals surface area contributed by atoms with Crippen LogP contribution in [0, 0.1) is 0 Å². The van der Waals surface area contributed by atoms with E-state index in [0.29, 0.717) is 11.9 Å². The topological polar surface area (TPSA) is 91.2 Å². The van der Waals surface area contributed by atoms with Crippen LogP contribution < -0.4 is 10.2 Å². The third kappa shape index (κ3) is 3.30. The van der Waals surface area contributed by atoms with Crippen LogP contribution in [-0.4, -0.2) is 45.2 Å². The summed E-state index contributed by atoms with van der Waals surface area (Å²) in [7, 11) is 0. The van der Waals surface area contributed by atoms with Crippen LogP contribution in [0.2, 0.25) is 0 Å². The summed E-state index contributed by atoms with van der Waals surface area (Å²) in [5.41, 5.74) is -0.0458. The summed E-state index contributed by atoms with van der Waals surface area (Å²) in [5, 5.41) is 12.1. The van der Waals surface area contributed by atoms with Crippen LogP contribution in [0.15, 0.2) is 36.8 Å². The summed E-state index contributed by atoms with van der Waals surface area (Å²) < 4.78 is 0. The lowest BCUT2D eigenvalue weighted by atomic mass is 10.1. The van der Waals surface area contributed by atoms with Crippen molar-refractivity contribution in [2.24, 2.45) is 0 Å². The molecule has 0 spiro atoms. The molecule has 0 amide bonds. The molecule has 7 heteroatoms. The van der Waals surface area contributed by atoms with Crippen LogP contribution in [0.3, 0.4) is 0 Å². The summed E-state index contributed by atoms with van der Waals surface area (Å²) in [6.07, 6.45) is 6.49. The first-order valence-electron chi connectivity index (χ1n) is 7.20. The molecule has 3 heterocycles. The van der Waals surface area contributed by atoms with E-state index in [-0.39, 0.29) is 5.69 Å². The van der Waals surface area contributed by atoms with Crippen molar-refractivity contribution >= 4 is 17.6 Å². The van der Waals surface area contributed by atoms with Crippen LogP contribution in [0.25, 0.3) is 0 Å². The smallest absolute Gasteiger partial charge is 0.356 e. The highest BCUT2D eigenvalue weighted by Crippen LogP contribution is 2.19. The molecule has 2 aromatic rings. The van der Waals surface area contributed by atoms with Crippen LogP contribution in [0.1, 0.15) is 23.3 Å². The number of piperidine rings is 1. The van der Waals surface area contributed by atoms with Crippen molar-refractivity contribution in [3.63, 3.8) is 0 Å². The molecule has 0 unspecified atom stereocenters. The fourth-order valence-electron chi connectivity index (χ4n) is 2.52. The molecule has 2 aromatic heterocycles. The van der Waals surface area contributed by atoms with Gasteiger partial charge in [0.15, 0.2) is 5.69 Å². The summed E-state index contributed by atoms with van der Waals surface area (Å²) >= 11 is 0. The minimum atomic E-state index is -1.07. The molecule has 3 rings (SSSR count). The molecule has 1 aliphatic rings. The van der Waals surface area contributed by atoms with Crippen LogP contribution in [0.4, 0.5) is 11.6 Å². The van der Waals surface area contributed by atoms with Crippen molar-refractivity contribution in [2.75, 3.05) is 23.3 Å². The zero-order chi connectivity index (χ0) is 15.4. The van der Waals surface area contributed by atoms with Gasteiger partial charge in [-0.2, -0.15) is 0 Å². The second-order valence-electron chi connectivity index (χ2n) is 5.19. The molecule has 1 fully saturated rings. The van der Waals surface area contributed by atoms with Gasteiger partial charge in [-0.15, -0.1) is 0 Å². The normalized spacial score (nSPS) is 15.5. The Kier molecular flexibility index (Phi) is 4.13. The van der Waals surface area contributed by atoms with Gasteiger partial charge in [0.25, 0.3) is 0 Å². The number of pyridine rings is 1. The number of anilines is 2. The summed E-state index contributed by atoms with van der Waals surface area (Å²) in [6.45, 7) is 1.85. The monoisotopic (exact) mass is 299 g/mol. The van der Waals surface area contributed by atoms with Gasteiger partial charge in [-0.05, 0) is 25.0 Å². The second kappa shape index (κ2) is 6.38. The summed E-state index contributed by atoms with van der Waals surface area (Å²) in [4.78, 5) is 25.3. The first-order chi connectivity index (χ1) is 10.7. The van der Waals surface area contributed by atoms with Crippen molar-refractivity contribution in [3.05, 3.63) is 42.5 Å². The highest BCUT2D eigenvalue weighted by Gasteiger charge is 2.20. The van der Waals surface area contributed by atoms with E-state index >= 15 is 0 Å². The number of rotatable bonds is 4. The van der Waals surface area contributed by atoms with Crippen LogP contribution in [-0.2, 0) is 0 Å². The lowest BCUT2D eigenvalue weighted by molar-refractivity contribution is 0.0690. The van der Waals surface area contributed by atoms with Gasteiger partial charge in [-0.3, -0.25) is 0 Å². The first kappa shape index (κ1) is 14.2. The number of nitrogens with zero attached hydrogens (tertiary/aromatic N) is 4. The maximum absolute atomic E-state index is 10.7. The SMILES string of the molecule is O=C(O)c1cnc(NC2CCN(c3ccccn3)CC2)cn1. The van der Waals surface area contributed by atoms with Crippen molar-refractivity contribution in [2.45, 2.75) is 18.9 Å². The van der Waals surface area contributed by atoms with Gasteiger partial charge in [-0.25, -0.2) is 19.7 Å². The van der Waals surface area contributed by atoms with E-state index in [0.717, 1.165) is 31.7 Å². The van der Waals surface area contributed by atoms with Gasteiger partial charge < -0.3 is 15.3 Å². The van der Waals surface area contributed by atoms with Crippen molar-refractivity contribution < 1.29 is 9.90 Å². The minimum Gasteiger partial charge on any atom is -0.476 e. The van der Waals surface area contributed by atoms with Gasteiger partial charge in [0.1, 0.15) is 11.6 Å². The van der Waals surface area contributed by atoms with Crippen LogP contribution in [0.5, 0.6) is 0 Å². The molecule has 7 nitrogen and oxygen atoms in total. The van der Waals surface area contributed by atoms with Gasteiger partial charge in [0.2, 0.25) is 0 Å². The molecule has 2 N–H and O–H groups in total. The van der Waals surface area contributed by atoms with Crippen molar-refractivity contribution in [1.29, 1.82) is 0 Å². The highest BCUT2D eigenvalue weighted by atomic mass is 16.4. The standard InChI is InChI=1S/C15H17N5O2/c21-15(22)12-9-18-13(10-17-12)19-11-4-7-20(8-5-11)14-3-1-2-6-16-14/h1-3,6,9-11H,4-5,7-8H2,(H,18,19)(H,21,22). The first-order valence-corrected chi connectivity index (χ1v) is 7.20. The zero-order valence-corrected chi connectivity index (χ0v) is 12.0. The molecule has 0 radical (unpaired) electrons. The van der Waals surface area contributed by atoms with Gasteiger partial charge >= 0.3 is 5.97 Å². The molecule has 0 aromatic carbocycles. The molecule has 0 saturated carbocycles.